The van der Waals surface area contributed by atoms with Crippen LogP contribution in [0.15, 0.2) is 60.7 Å². The largest absolute Gasteiger partial charge is 0.462 e. The molecule has 5 rings (SSSR count). The summed E-state index contributed by atoms with van der Waals surface area (Å²) in [6.45, 7) is 16.9. The van der Waals surface area contributed by atoms with Gasteiger partial charge in [0.2, 0.25) is 0 Å². The fourth-order valence-electron chi connectivity index (χ4n) is 8.86. The lowest BCUT2D eigenvalue weighted by Gasteiger charge is -2.49. The molecule has 0 aromatic heterocycles. The number of cyclic esters (lactones) is 1. The van der Waals surface area contributed by atoms with E-state index in [9.17, 15) is 14.4 Å². The quantitative estimate of drug-likeness (QED) is 0.190. The molecule has 3 fully saturated rings. The standard InChI is InChI=1S/C41H58O6Si/c1-9-41(7,8)39(44)46-35-24-28(3)38(43)34-22-20-27(2)33(37(34)35)23-21-29-25-30(26-36(42)45-29)47-48(40(4,5)6,31-16-12-10-13-17-31)32-18-14-11-15-19-32/h10-19,27-30,33-35,37H,9,20-26H2,1-8H3/t27-,28+,29+,30+,33-,34+,35-,37+/m0/s1. The molecule has 0 bridgehead atoms. The lowest BCUT2D eigenvalue weighted by atomic mass is 9.57. The van der Waals surface area contributed by atoms with Crippen LogP contribution in [0.3, 0.4) is 0 Å². The van der Waals surface area contributed by atoms with Crippen LogP contribution >= 0.6 is 0 Å². The molecule has 48 heavy (non-hydrogen) atoms. The number of ketones is 1. The summed E-state index contributed by atoms with van der Waals surface area (Å²) in [5.74, 6) is 0.338. The van der Waals surface area contributed by atoms with Gasteiger partial charge in [0, 0.05) is 24.2 Å². The molecule has 1 aliphatic heterocycles. The zero-order valence-corrected chi connectivity index (χ0v) is 31.5. The first-order chi connectivity index (χ1) is 22.7. The van der Waals surface area contributed by atoms with Gasteiger partial charge in [-0.3, -0.25) is 14.4 Å². The van der Waals surface area contributed by atoms with Crippen molar-refractivity contribution in [3.05, 3.63) is 60.7 Å². The average Bonchev–Trinajstić information content (AvgIpc) is 3.05. The zero-order valence-electron chi connectivity index (χ0n) is 30.5. The molecule has 7 heteroatoms. The van der Waals surface area contributed by atoms with Crippen LogP contribution in [0.1, 0.15) is 107 Å². The highest BCUT2D eigenvalue weighted by atomic mass is 28.4. The Bertz CT molecular complexity index is 1380. The van der Waals surface area contributed by atoms with E-state index >= 15 is 0 Å². The number of benzene rings is 2. The third-order valence-corrected chi connectivity index (χ3v) is 17.1. The Labute approximate surface area is 289 Å². The highest BCUT2D eigenvalue weighted by molar-refractivity contribution is 6.99. The van der Waals surface area contributed by atoms with Crippen molar-refractivity contribution in [2.24, 2.45) is 35.0 Å². The van der Waals surface area contributed by atoms with E-state index in [0.29, 0.717) is 37.4 Å². The molecule has 0 amide bonds. The normalized spacial score (nSPS) is 29.9. The first-order valence-electron chi connectivity index (χ1n) is 18.4. The van der Waals surface area contributed by atoms with E-state index in [0.717, 1.165) is 19.3 Å². The maximum atomic E-state index is 13.5. The SMILES string of the molecule is CCC(C)(C)C(=O)O[C@H]1C[C@@H](C)C(=O)[C@@H]2CC[C@H](C)[C@H](CC[C@@H]3C[C@@H](O[Si](c4ccccc4)(c4ccccc4)C(C)(C)C)CC(=O)O3)[C@@H]12. The number of fused-ring (bicyclic) bond motifs is 1. The number of hydrogen-bond donors (Lipinski definition) is 0. The number of esters is 2. The van der Waals surface area contributed by atoms with Gasteiger partial charge in [0.25, 0.3) is 8.32 Å². The van der Waals surface area contributed by atoms with Crippen molar-refractivity contribution in [2.45, 2.75) is 130 Å². The predicted molar refractivity (Wildman–Crippen MR) is 192 cm³/mol. The van der Waals surface area contributed by atoms with Gasteiger partial charge in [-0.05, 0) is 79.6 Å². The minimum atomic E-state index is -2.84. The number of carbonyl (C=O) groups excluding carboxylic acids is 3. The van der Waals surface area contributed by atoms with Crippen LogP contribution in [0, 0.1) is 35.0 Å². The summed E-state index contributed by atoms with van der Waals surface area (Å²) in [4.78, 5) is 40.0. The lowest BCUT2D eigenvalue weighted by molar-refractivity contribution is -0.176. The molecule has 262 valence electrons. The number of carbonyl (C=O) groups is 3. The van der Waals surface area contributed by atoms with Gasteiger partial charge in [0.05, 0.1) is 17.9 Å². The van der Waals surface area contributed by atoms with Crippen LogP contribution in [0.4, 0.5) is 0 Å². The molecule has 2 aromatic carbocycles. The Morgan fingerprint density at radius 1 is 0.875 bits per heavy atom. The van der Waals surface area contributed by atoms with Gasteiger partial charge in [0.1, 0.15) is 18.0 Å². The summed E-state index contributed by atoms with van der Waals surface area (Å²) < 4.78 is 19.7. The molecule has 1 saturated heterocycles. The molecule has 2 aromatic rings. The Hall–Kier alpha value is -2.77. The summed E-state index contributed by atoms with van der Waals surface area (Å²) in [5.41, 5.74) is -0.563. The van der Waals surface area contributed by atoms with E-state index in [1.165, 1.54) is 10.4 Å². The van der Waals surface area contributed by atoms with E-state index in [2.05, 4.69) is 76.2 Å². The summed E-state index contributed by atoms with van der Waals surface area (Å²) in [5, 5.41) is 2.20. The Morgan fingerprint density at radius 3 is 2.04 bits per heavy atom. The number of Topliss-reactive ketones (excluding diaryl/α,β-unsaturated/α-hetero) is 1. The van der Waals surface area contributed by atoms with Gasteiger partial charge in [-0.15, -0.1) is 0 Å². The topological polar surface area (TPSA) is 78.9 Å². The highest BCUT2D eigenvalue weighted by Gasteiger charge is 2.54. The van der Waals surface area contributed by atoms with Crippen molar-refractivity contribution >= 4 is 36.4 Å². The maximum Gasteiger partial charge on any atom is 0.311 e. The molecule has 0 radical (unpaired) electrons. The highest BCUT2D eigenvalue weighted by Crippen LogP contribution is 2.50. The fourth-order valence-corrected chi connectivity index (χ4v) is 13.6. The van der Waals surface area contributed by atoms with E-state index in [1.54, 1.807) is 0 Å². The first-order valence-corrected chi connectivity index (χ1v) is 20.3. The molecule has 2 saturated carbocycles. The van der Waals surface area contributed by atoms with Crippen LogP contribution < -0.4 is 10.4 Å². The number of hydrogen-bond acceptors (Lipinski definition) is 6. The second kappa shape index (κ2) is 14.6. The third kappa shape index (κ3) is 7.38. The second-order valence-corrected chi connectivity index (χ2v) is 20.9. The number of rotatable bonds is 10. The van der Waals surface area contributed by atoms with E-state index in [-0.39, 0.29) is 65.4 Å². The van der Waals surface area contributed by atoms with Gasteiger partial charge in [0.15, 0.2) is 0 Å². The van der Waals surface area contributed by atoms with Crippen LogP contribution in [0.5, 0.6) is 0 Å². The minimum Gasteiger partial charge on any atom is -0.462 e. The molecular formula is C41H58O6Si. The molecule has 0 N–H and O–H groups in total. The molecule has 3 aliphatic rings. The minimum absolute atomic E-state index is 0.00231. The Kier molecular flexibility index (Phi) is 11.1. The second-order valence-electron chi connectivity index (χ2n) is 16.7. The van der Waals surface area contributed by atoms with Crippen molar-refractivity contribution in [2.75, 3.05) is 0 Å². The molecule has 2 aliphatic carbocycles. The van der Waals surface area contributed by atoms with E-state index < -0.39 is 13.7 Å². The fraction of sp³-hybridized carbons (Fsp3) is 0.634. The van der Waals surface area contributed by atoms with Gasteiger partial charge < -0.3 is 13.9 Å². The van der Waals surface area contributed by atoms with Crippen LogP contribution in [0.2, 0.25) is 5.04 Å². The first kappa shape index (κ1) is 36.5. The molecule has 0 spiro atoms. The molecule has 8 atom stereocenters. The van der Waals surface area contributed by atoms with Crippen molar-refractivity contribution < 1.29 is 28.3 Å². The summed E-state index contributed by atoms with van der Waals surface area (Å²) >= 11 is 0. The Balaban J connectivity index is 1.37. The monoisotopic (exact) mass is 674 g/mol. The summed E-state index contributed by atoms with van der Waals surface area (Å²) in [6.07, 6.45) is 4.73. The van der Waals surface area contributed by atoms with Crippen molar-refractivity contribution in [3.8, 4) is 0 Å². The smallest absolute Gasteiger partial charge is 0.311 e. The molecule has 0 unspecified atom stereocenters. The van der Waals surface area contributed by atoms with Gasteiger partial charge in [-0.1, -0.05) is 102 Å². The summed E-state index contributed by atoms with van der Waals surface area (Å²) in [6, 6.07) is 21.1. The van der Waals surface area contributed by atoms with Crippen molar-refractivity contribution in [1.82, 2.24) is 0 Å². The van der Waals surface area contributed by atoms with Crippen LogP contribution in [-0.2, 0) is 28.3 Å². The van der Waals surface area contributed by atoms with Gasteiger partial charge >= 0.3 is 11.9 Å². The van der Waals surface area contributed by atoms with E-state index in [4.69, 9.17) is 13.9 Å². The third-order valence-electron chi connectivity index (χ3n) is 12.0. The lowest BCUT2D eigenvalue weighted by Crippen LogP contribution is -2.68. The van der Waals surface area contributed by atoms with Gasteiger partial charge in [-0.25, -0.2) is 0 Å². The Morgan fingerprint density at radius 2 is 1.48 bits per heavy atom. The molecule has 1 heterocycles. The van der Waals surface area contributed by atoms with Crippen LogP contribution in [-0.4, -0.2) is 44.4 Å². The van der Waals surface area contributed by atoms with Crippen molar-refractivity contribution in [1.29, 1.82) is 0 Å². The molecule has 6 nitrogen and oxygen atoms in total. The number of ether oxygens (including phenoxy) is 2. The average molecular weight is 675 g/mol. The zero-order chi connectivity index (χ0) is 34.9. The van der Waals surface area contributed by atoms with E-state index in [1.807, 2.05) is 39.8 Å². The van der Waals surface area contributed by atoms with Crippen LogP contribution in [0.25, 0.3) is 0 Å². The summed E-state index contributed by atoms with van der Waals surface area (Å²) in [7, 11) is -2.84. The van der Waals surface area contributed by atoms with Crippen molar-refractivity contribution in [3.63, 3.8) is 0 Å². The van der Waals surface area contributed by atoms with Gasteiger partial charge in [-0.2, -0.15) is 0 Å². The molecular weight excluding hydrogens is 617 g/mol. The predicted octanol–water partition coefficient (Wildman–Crippen LogP) is 7.65. The maximum absolute atomic E-state index is 13.5.